The number of amides is 1. The molecule has 28 heavy (non-hydrogen) atoms. The number of hydrogen-bond acceptors (Lipinski definition) is 5. The highest BCUT2D eigenvalue weighted by atomic mass is 32.2. The molecule has 0 aliphatic rings. The SMILES string of the molecule is COc1ccc(S(=O)(=O)N[C@H](Cc2ccccc2)C(=O)NC(C)C)cc1OC. The zero-order chi connectivity index (χ0) is 20.7. The first-order valence-electron chi connectivity index (χ1n) is 8.85. The van der Waals surface area contributed by atoms with Crippen LogP contribution < -0.4 is 19.5 Å². The number of carbonyl (C=O) groups is 1. The molecule has 7 nitrogen and oxygen atoms in total. The number of hydrogen-bond donors (Lipinski definition) is 2. The summed E-state index contributed by atoms with van der Waals surface area (Å²) in [7, 11) is -1.07. The monoisotopic (exact) mass is 406 g/mol. The molecule has 1 amide bonds. The molecule has 152 valence electrons. The fraction of sp³-hybridized carbons (Fsp3) is 0.350. The lowest BCUT2D eigenvalue weighted by atomic mass is 10.1. The number of sulfonamides is 1. The minimum absolute atomic E-state index is 0.0134. The summed E-state index contributed by atoms with van der Waals surface area (Å²) < 4.78 is 38.6. The van der Waals surface area contributed by atoms with E-state index < -0.39 is 16.1 Å². The summed E-state index contributed by atoms with van der Waals surface area (Å²) in [6.45, 7) is 3.64. The predicted molar refractivity (Wildman–Crippen MR) is 107 cm³/mol. The van der Waals surface area contributed by atoms with E-state index in [1.165, 1.54) is 32.4 Å². The lowest BCUT2D eigenvalue weighted by Crippen LogP contribution is -2.49. The van der Waals surface area contributed by atoms with Crippen molar-refractivity contribution in [2.75, 3.05) is 14.2 Å². The first kappa shape index (κ1) is 21.7. The molecule has 2 rings (SSSR count). The molecule has 0 heterocycles. The van der Waals surface area contributed by atoms with Crippen molar-refractivity contribution < 1.29 is 22.7 Å². The molecule has 0 aromatic heterocycles. The second kappa shape index (κ2) is 9.57. The maximum atomic E-state index is 12.9. The van der Waals surface area contributed by atoms with Gasteiger partial charge in [-0.05, 0) is 38.0 Å². The molecule has 0 spiro atoms. The van der Waals surface area contributed by atoms with Crippen molar-refractivity contribution >= 4 is 15.9 Å². The summed E-state index contributed by atoms with van der Waals surface area (Å²) in [5.74, 6) is 0.319. The molecule has 0 aliphatic carbocycles. The minimum atomic E-state index is -3.96. The molecule has 0 unspecified atom stereocenters. The Hall–Kier alpha value is -2.58. The van der Waals surface area contributed by atoms with E-state index in [2.05, 4.69) is 10.0 Å². The first-order valence-corrected chi connectivity index (χ1v) is 10.3. The predicted octanol–water partition coefficient (Wildman–Crippen LogP) is 2.12. The van der Waals surface area contributed by atoms with Crippen LogP contribution in [0.2, 0.25) is 0 Å². The van der Waals surface area contributed by atoms with Crippen molar-refractivity contribution in [1.29, 1.82) is 0 Å². The van der Waals surface area contributed by atoms with Gasteiger partial charge >= 0.3 is 0 Å². The van der Waals surface area contributed by atoms with Gasteiger partial charge in [-0.25, -0.2) is 8.42 Å². The van der Waals surface area contributed by atoms with E-state index in [9.17, 15) is 13.2 Å². The maximum absolute atomic E-state index is 12.9. The fourth-order valence-electron chi connectivity index (χ4n) is 2.66. The summed E-state index contributed by atoms with van der Waals surface area (Å²) in [6, 6.07) is 12.4. The Kier molecular flexibility index (Phi) is 7.42. The number of nitrogens with one attached hydrogen (secondary N) is 2. The third-order valence-electron chi connectivity index (χ3n) is 3.99. The summed E-state index contributed by atoms with van der Waals surface area (Å²) in [5.41, 5.74) is 0.849. The largest absolute Gasteiger partial charge is 0.493 e. The Morgan fingerprint density at radius 2 is 1.64 bits per heavy atom. The molecule has 0 radical (unpaired) electrons. The Balaban J connectivity index is 2.31. The highest BCUT2D eigenvalue weighted by molar-refractivity contribution is 7.89. The van der Waals surface area contributed by atoms with Gasteiger partial charge in [-0.1, -0.05) is 30.3 Å². The number of benzene rings is 2. The van der Waals surface area contributed by atoms with Gasteiger partial charge in [0.2, 0.25) is 15.9 Å². The molecular formula is C20H26N2O5S. The molecule has 0 aliphatic heterocycles. The Labute approximate surface area is 166 Å². The average molecular weight is 407 g/mol. The van der Waals surface area contributed by atoms with Crippen molar-refractivity contribution in [2.45, 2.75) is 37.2 Å². The van der Waals surface area contributed by atoms with E-state index in [1.807, 2.05) is 44.2 Å². The van der Waals surface area contributed by atoms with E-state index >= 15 is 0 Å². The molecule has 0 saturated heterocycles. The molecule has 0 fully saturated rings. The Morgan fingerprint density at radius 1 is 1.00 bits per heavy atom. The van der Waals surface area contributed by atoms with Crippen LogP contribution in [0.5, 0.6) is 11.5 Å². The van der Waals surface area contributed by atoms with Crippen molar-refractivity contribution in [1.82, 2.24) is 10.0 Å². The van der Waals surface area contributed by atoms with Gasteiger partial charge < -0.3 is 14.8 Å². The highest BCUT2D eigenvalue weighted by Gasteiger charge is 2.27. The van der Waals surface area contributed by atoms with Gasteiger partial charge in [0.15, 0.2) is 11.5 Å². The van der Waals surface area contributed by atoms with Crippen LogP contribution in [0.15, 0.2) is 53.4 Å². The first-order chi connectivity index (χ1) is 13.3. The molecule has 1 atom stereocenters. The van der Waals surface area contributed by atoms with Crippen molar-refractivity contribution in [2.24, 2.45) is 0 Å². The molecular weight excluding hydrogens is 380 g/mol. The molecule has 0 saturated carbocycles. The van der Waals surface area contributed by atoms with Crippen LogP contribution in [-0.2, 0) is 21.2 Å². The van der Waals surface area contributed by atoms with Crippen molar-refractivity contribution in [3.05, 3.63) is 54.1 Å². The highest BCUT2D eigenvalue weighted by Crippen LogP contribution is 2.29. The van der Waals surface area contributed by atoms with E-state index in [-0.39, 0.29) is 29.0 Å². The average Bonchev–Trinajstić information content (AvgIpc) is 2.67. The molecule has 8 heteroatoms. The van der Waals surface area contributed by atoms with E-state index in [0.29, 0.717) is 5.75 Å². The standard InChI is InChI=1S/C20H26N2O5S/c1-14(2)21-20(23)17(12-15-8-6-5-7-9-15)22-28(24,25)16-10-11-18(26-3)19(13-16)27-4/h5-11,13-14,17,22H,12H2,1-4H3,(H,21,23)/t17-/m1/s1. The topological polar surface area (TPSA) is 93.7 Å². The van der Waals surface area contributed by atoms with Crippen molar-refractivity contribution in [3.63, 3.8) is 0 Å². The lowest BCUT2D eigenvalue weighted by Gasteiger charge is -2.20. The van der Waals surface area contributed by atoms with E-state index in [4.69, 9.17) is 9.47 Å². The van der Waals surface area contributed by atoms with Gasteiger partial charge in [-0.3, -0.25) is 4.79 Å². The second-order valence-corrected chi connectivity index (χ2v) is 8.26. The third-order valence-corrected chi connectivity index (χ3v) is 5.46. The lowest BCUT2D eigenvalue weighted by molar-refractivity contribution is -0.123. The van der Waals surface area contributed by atoms with Crippen LogP contribution in [0.1, 0.15) is 19.4 Å². The smallest absolute Gasteiger partial charge is 0.241 e. The van der Waals surface area contributed by atoms with Crippen LogP contribution in [0.3, 0.4) is 0 Å². The third kappa shape index (κ3) is 5.71. The zero-order valence-corrected chi connectivity index (χ0v) is 17.2. The van der Waals surface area contributed by atoms with Crippen LogP contribution >= 0.6 is 0 Å². The molecule has 2 aromatic carbocycles. The summed E-state index contributed by atoms with van der Waals surface area (Å²) in [5, 5.41) is 2.77. The number of carbonyl (C=O) groups excluding carboxylic acids is 1. The van der Waals surface area contributed by atoms with Gasteiger partial charge in [0, 0.05) is 12.1 Å². The number of ether oxygens (including phenoxy) is 2. The summed E-state index contributed by atoms with van der Waals surface area (Å²) in [4.78, 5) is 12.6. The van der Waals surface area contributed by atoms with Crippen LogP contribution in [-0.4, -0.2) is 40.6 Å². The second-order valence-electron chi connectivity index (χ2n) is 6.54. The van der Waals surface area contributed by atoms with E-state index in [0.717, 1.165) is 5.56 Å². The normalized spacial score (nSPS) is 12.5. The molecule has 2 aromatic rings. The Morgan fingerprint density at radius 3 is 2.21 bits per heavy atom. The number of rotatable bonds is 9. The van der Waals surface area contributed by atoms with E-state index in [1.54, 1.807) is 0 Å². The zero-order valence-electron chi connectivity index (χ0n) is 16.4. The van der Waals surface area contributed by atoms with Crippen molar-refractivity contribution in [3.8, 4) is 11.5 Å². The van der Waals surface area contributed by atoms with Gasteiger partial charge in [0.05, 0.1) is 19.1 Å². The molecule has 2 N–H and O–H groups in total. The van der Waals surface area contributed by atoms with Gasteiger partial charge in [-0.2, -0.15) is 4.72 Å². The quantitative estimate of drug-likeness (QED) is 0.665. The molecule has 0 bridgehead atoms. The Bertz CT molecular complexity index is 898. The van der Waals surface area contributed by atoms with Gasteiger partial charge in [0.1, 0.15) is 6.04 Å². The maximum Gasteiger partial charge on any atom is 0.241 e. The minimum Gasteiger partial charge on any atom is -0.493 e. The van der Waals surface area contributed by atoms with Gasteiger partial charge in [0.25, 0.3) is 0 Å². The summed E-state index contributed by atoms with van der Waals surface area (Å²) in [6.07, 6.45) is 0.228. The van der Waals surface area contributed by atoms with Crippen LogP contribution in [0.4, 0.5) is 0 Å². The number of methoxy groups -OCH3 is 2. The fourth-order valence-corrected chi connectivity index (χ4v) is 3.87. The summed E-state index contributed by atoms with van der Waals surface area (Å²) >= 11 is 0. The van der Waals surface area contributed by atoms with Crippen LogP contribution in [0, 0.1) is 0 Å². The van der Waals surface area contributed by atoms with Crippen LogP contribution in [0.25, 0.3) is 0 Å². The van der Waals surface area contributed by atoms with Gasteiger partial charge in [-0.15, -0.1) is 0 Å².